The van der Waals surface area contributed by atoms with E-state index < -0.39 is 23.4 Å². The van der Waals surface area contributed by atoms with Gasteiger partial charge in [-0.05, 0) is 44.0 Å². The molecule has 0 radical (unpaired) electrons. The number of halogens is 3. The van der Waals surface area contributed by atoms with E-state index in [0.29, 0.717) is 8.95 Å². The quantitative estimate of drug-likeness (QED) is 0.375. The molecule has 2 aromatic rings. The smallest absolute Gasteiger partial charge is 0.340 e. The van der Waals surface area contributed by atoms with Crippen molar-refractivity contribution in [3.05, 3.63) is 66.0 Å². The topological polar surface area (TPSA) is 98.5 Å². The lowest BCUT2D eigenvalue weighted by atomic mass is 10.2. The number of anilines is 1. The van der Waals surface area contributed by atoms with E-state index in [9.17, 15) is 19.7 Å². The zero-order chi connectivity index (χ0) is 18.6. The summed E-state index contributed by atoms with van der Waals surface area (Å²) in [6, 6.07) is 8.78. The first-order valence-corrected chi connectivity index (χ1v) is 8.61. The molecule has 0 fully saturated rings. The molecule has 7 nitrogen and oxygen atoms in total. The maximum absolute atomic E-state index is 12.0. The van der Waals surface area contributed by atoms with Gasteiger partial charge in [0.05, 0.1) is 21.2 Å². The summed E-state index contributed by atoms with van der Waals surface area (Å²) in [5.74, 6) is -1.35. The molecule has 0 unspecified atom stereocenters. The molecule has 0 aliphatic carbocycles. The van der Waals surface area contributed by atoms with Crippen molar-refractivity contribution in [2.24, 2.45) is 0 Å². The molecule has 1 N–H and O–H groups in total. The number of carbonyl (C=O) groups is 2. The molecule has 0 saturated heterocycles. The monoisotopic (exact) mass is 490 g/mol. The highest BCUT2D eigenvalue weighted by atomic mass is 79.9. The Kier molecular flexibility index (Phi) is 6.51. The Balaban J connectivity index is 2.03. The molecule has 2 aromatic carbocycles. The lowest BCUT2D eigenvalue weighted by Crippen LogP contribution is -2.21. The first-order valence-electron chi connectivity index (χ1n) is 6.64. The molecular formula is C15H9Br2ClN2O5. The van der Waals surface area contributed by atoms with Crippen molar-refractivity contribution in [2.45, 2.75) is 0 Å². The number of carbonyl (C=O) groups excluding carboxylic acids is 2. The van der Waals surface area contributed by atoms with Crippen LogP contribution in [-0.2, 0) is 9.53 Å². The van der Waals surface area contributed by atoms with Crippen LogP contribution in [0.2, 0.25) is 5.02 Å². The van der Waals surface area contributed by atoms with Gasteiger partial charge in [-0.3, -0.25) is 14.9 Å². The Morgan fingerprint density at radius 2 is 1.80 bits per heavy atom. The summed E-state index contributed by atoms with van der Waals surface area (Å²) >= 11 is 12.2. The summed E-state index contributed by atoms with van der Waals surface area (Å²) in [6.45, 7) is -0.542. The summed E-state index contributed by atoms with van der Waals surface area (Å²) in [5, 5.41) is 13.5. The second kappa shape index (κ2) is 8.41. The van der Waals surface area contributed by atoms with E-state index in [0.717, 1.165) is 0 Å². The molecule has 25 heavy (non-hydrogen) atoms. The molecule has 0 atom stereocenters. The first-order chi connectivity index (χ1) is 11.8. The fourth-order valence-electron chi connectivity index (χ4n) is 1.80. The number of benzene rings is 2. The highest BCUT2D eigenvalue weighted by Gasteiger charge is 2.17. The summed E-state index contributed by atoms with van der Waals surface area (Å²) in [5.41, 5.74) is 0.279. The lowest BCUT2D eigenvalue weighted by Gasteiger charge is -2.10. The second-order valence-electron chi connectivity index (χ2n) is 4.65. The Hall–Kier alpha value is -1.97. The molecule has 0 heterocycles. The first kappa shape index (κ1) is 19.4. The Morgan fingerprint density at radius 1 is 1.20 bits per heavy atom. The third kappa shape index (κ3) is 5.00. The third-order valence-electron chi connectivity index (χ3n) is 2.93. The van der Waals surface area contributed by atoms with Crippen molar-refractivity contribution < 1.29 is 19.2 Å². The maximum Gasteiger partial charge on any atom is 0.340 e. The minimum Gasteiger partial charge on any atom is -0.452 e. The van der Waals surface area contributed by atoms with Crippen molar-refractivity contribution >= 4 is 66.7 Å². The molecule has 0 saturated carbocycles. The minimum atomic E-state index is -0.734. The van der Waals surface area contributed by atoms with Crippen LogP contribution in [0.1, 0.15) is 10.4 Å². The average Bonchev–Trinajstić information content (AvgIpc) is 2.56. The molecular weight excluding hydrogens is 483 g/mol. The summed E-state index contributed by atoms with van der Waals surface area (Å²) in [7, 11) is 0. The molecule has 130 valence electrons. The van der Waals surface area contributed by atoms with Crippen LogP contribution in [0.4, 0.5) is 11.4 Å². The lowest BCUT2D eigenvalue weighted by molar-refractivity contribution is -0.385. The molecule has 0 bridgehead atoms. The molecule has 1 amide bonds. The number of amides is 1. The largest absolute Gasteiger partial charge is 0.452 e. The van der Waals surface area contributed by atoms with Crippen molar-refractivity contribution in [1.82, 2.24) is 0 Å². The molecule has 2 rings (SSSR count). The van der Waals surface area contributed by atoms with Crippen LogP contribution >= 0.6 is 43.5 Å². The van der Waals surface area contributed by atoms with Gasteiger partial charge in [-0.2, -0.15) is 0 Å². The number of nitro groups is 1. The fourth-order valence-corrected chi connectivity index (χ4v) is 3.37. The van der Waals surface area contributed by atoms with Gasteiger partial charge < -0.3 is 10.1 Å². The number of nitro benzene ring substituents is 1. The number of rotatable bonds is 5. The number of hydrogen-bond acceptors (Lipinski definition) is 5. The number of esters is 1. The maximum atomic E-state index is 12.0. The molecule has 10 heteroatoms. The van der Waals surface area contributed by atoms with Gasteiger partial charge in [0, 0.05) is 21.1 Å². The van der Waals surface area contributed by atoms with E-state index in [4.69, 9.17) is 16.3 Å². The van der Waals surface area contributed by atoms with Gasteiger partial charge in [0.2, 0.25) is 0 Å². The summed E-state index contributed by atoms with van der Waals surface area (Å²) in [6.07, 6.45) is 0. The second-order valence-corrected chi connectivity index (χ2v) is 6.76. The van der Waals surface area contributed by atoms with E-state index in [-0.39, 0.29) is 22.0 Å². The molecule has 0 aliphatic heterocycles. The van der Waals surface area contributed by atoms with Crippen molar-refractivity contribution in [2.75, 3.05) is 11.9 Å². The van der Waals surface area contributed by atoms with Crippen LogP contribution in [0.3, 0.4) is 0 Å². The normalized spacial score (nSPS) is 10.2. The number of nitrogens with one attached hydrogen (secondary N) is 1. The van der Waals surface area contributed by atoms with Gasteiger partial charge in [0.1, 0.15) is 0 Å². The number of ether oxygens (including phenoxy) is 1. The zero-order valence-electron chi connectivity index (χ0n) is 12.3. The highest BCUT2D eigenvalue weighted by Crippen LogP contribution is 2.35. The average molecular weight is 493 g/mol. The van der Waals surface area contributed by atoms with Gasteiger partial charge in [-0.1, -0.05) is 23.7 Å². The van der Waals surface area contributed by atoms with Gasteiger partial charge in [0.15, 0.2) is 6.61 Å². The molecule has 0 aromatic heterocycles. The Labute approximate surface area is 163 Å². The predicted octanol–water partition coefficient (Wildman–Crippen LogP) is 4.57. The predicted molar refractivity (Wildman–Crippen MR) is 98.9 cm³/mol. The van der Waals surface area contributed by atoms with Crippen LogP contribution < -0.4 is 5.32 Å². The number of non-ortho nitro benzene ring substituents is 1. The number of nitrogens with zero attached hydrogens (tertiary/aromatic N) is 1. The van der Waals surface area contributed by atoms with Crippen LogP contribution in [0.25, 0.3) is 0 Å². The standard InChI is InChI=1S/C15H9Br2ClN2O5/c16-10-5-8(20(23)24)6-11(17)14(10)19-13(21)7-25-15(22)9-3-1-2-4-12(9)18/h1-6H,7H2,(H,19,21). The van der Waals surface area contributed by atoms with Gasteiger partial charge in [-0.15, -0.1) is 0 Å². The van der Waals surface area contributed by atoms with Crippen molar-refractivity contribution in [1.29, 1.82) is 0 Å². The van der Waals surface area contributed by atoms with E-state index >= 15 is 0 Å². The fraction of sp³-hybridized carbons (Fsp3) is 0.0667. The van der Waals surface area contributed by atoms with Crippen LogP contribution in [0, 0.1) is 10.1 Å². The van der Waals surface area contributed by atoms with E-state index in [2.05, 4.69) is 37.2 Å². The van der Waals surface area contributed by atoms with Crippen LogP contribution in [0.15, 0.2) is 45.3 Å². The zero-order valence-corrected chi connectivity index (χ0v) is 16.2. The third-order valence-corrected chi connectivity index (χ3v) is 4.51. The SMILES string of the molecule is O=C(COC(=O)c1ccccc1Cl)Nc1c(Br)cc([N+](=O)[O-])cc1Br. The van der Waals surface area contributed by atoms with Crippen molar-refractivity contribution in [3.8, 4) is 0 Å². The van der Waals surface area contributed by atoms with E-state index in [1.165, 1.54) is 24.3 Å². The molecule has 0 spiro atoms. The van der Waals surface area contributed by atoms with Crippen molar-refractivity contribution in [3.63, 3.8) is 0 Å². The van der Waals surface area contributed by atoms with E-state index in [1.807, 2.05) is 0 Å². The van der Waals surface area contributed by atoms with Crippen LogP contribution in [-0.4, -0.2) is 23.4 Å². The minimum absolute atomic E-state index is 0.148. The highest BCUT2D eigenvalue weighted by molar-refractivity contribution is 9.11. The Morgan fingerprint density at radius 3 is 2.36 bits per heavy atom. The van der Waals surface area contributed by atoms with Gasteiger partial charge in [0.25, 0.3) is 11.6 Å². The summed E-state index contributed by atoms with van der Waals surface area (Å²) < 4.78 is 5.52. The van der Waals surface area contributed by atoms with Gasteiger partial charge in [-0.25, -0.2) is 4.79 Å². The Bertz CT molecular complexity index is 837. The van der Waals surface area contributed by atoms with Gasteiger partial charge >= 0.3 is 5.97 Å². The summed E-state index contributed by atoms with van der Waals surface area (Å²) in [4.78, 5) is 34.1. The number of hydrogen-bond donors (Lipinski definition) is 1. The van der Waals surface area contributed by atoms with E-state index in [1.54, 1.807) is 12.1 Å². The van der Waals surface area contributed by atoms with Crippen LogP contribution in [0.5, 0.6) is 0 Å². The molecule has 0 aliphatic rings.